The summed E-state index contributed by atoms with van der Waals surface area (Å²) in [5.41, 5.74) is 5.72. The van der Waals surface area contributed by atoms with Crippen LogP contribution >= 0.6 is 0 Å². The maximum absolute atomic E-state index is 11.4. The molecule has 3 nitrogen and oxygen atoms in total. The number of phenolic OH excluding ortho intramolecular Hbond substituents is 1. The molecule has 0 aliphatic carbocycles. The quantitative estimate of drug-likeness (QED) is 0.764. The first-order valence-corrected chi connectivity index (χ1v) is 8.88. The summed E-state index contributed by atoms with van der Waals surface area (Å²) in [6.45, 7) is 10.3. The van der Waals surface area contributed by atoms with E-state index in [-0.39, 0.29) is 18.3 Å². The van der Waals surface area contributed by atoms with Crippen LogP contribution in [0.25, 0.3) is 0 Å². The summed E-state index contributed by atoms with van der Waals surface area (Å²) in [7, 11) is 0. The molecule has 0 radical (unpaired) electrons. The molecule has 0 atom stereocenters. The standard InChI is InChI=1S/C22H28O3/c1-6-18(23)13-25-19-9-15(4)21(16(5)10-19)12-17-7-8-22(24)20(11-17)14(2)3/h7-11,14,24H,6,12-13H2,1-5H3. The Balaban J connectivity index is 2.23. The van der Waals surface area contributed by atoms with Gasteiger partial charge >= 0.3 is 0 Å². The maximum Gasteiger partial charge on any atom is 0.169 e. The van der Waals surface area contributed by atoms with Crippen LogP contribution in [0.4, 0.5) is 0 Å². The van der Waals surface area contributed by atoms with Crippen molar-refractivity contribution in [3.63, 3.8) is 0 Å². The van der Waals surface area contributed by atoms with Crippen LogP contribution in [-0.2, 0) is 11.2 Å². The first-order valence-electron chi connectivity index (χ1n) is 8.88. The molecule has 0 heterocycles. The first kappa shape index (κ1) is 19.0. The topological polar surface area (TPSA) is 46.5 Å². The van der Waals surface area contributed by atoms with Crippen molar-refractivity contribution >= 4 is 5.78 Å². The van der Waals surface area contributed by atoms with Gasteiger partial charge in [-0.2, -0.15) is 0 Å². The summed E-state index contributed by atoms with van der Waals surface area (Å²) in [6, 6.07) is 9.83. The Kier molecular flexibility index (Phi) is 6.24. The van der Waals surface area contributed by atoms with Gasteiger partial charge in [-0.25, -0.2) is 0 Å². The van der Waals surface area contributed by atoms with Crippen molar-refractivity contribution in [3.8, 4) is 11.5 Å². The highest BCUT2D eigenvalue weighted by Gasteiger charge is 2.11. The Labute approximate surface area is 150 Å². The lowest BCUT2D eigenvalue weighted by molar-refractivity contribution is -0.120. The number of phenols is 1. The molecule has 134 valence electrons. The fourth-order valence-electron chi connectivity index (χ4n) is 2.96. The average Bonchev–Trinajstić information content (AvgIpc) is 2.57. The van der Waals surface area contributed by atoms with E-state index in [1.807, 2.05) is 25.1 Å². The Hall–Kier alpha value is -2.29. The molecule has 0 bridgehead atoms. The molecule has 25 heavy (non-hydrogen) atoms. The number of carbonyl (C=O) groups is 1. The highest BCUT2D eigenvalue weighted by atomic mass is 16.5. The maximum atomic E-state index is 11.4. The first-order chi connectivity index (χ1) is 11.8. The molecule has 0 aromatic heterocycles. The van der Waals surface area contributed by atoms with E-state index in [2.05, 4.69) is 33.8 Å². The summed E-state index contributed by atoms with van der Waals surface area (Å²) in [4.78, 5) is 11.4. The van der Waals surface area contributed by atoms with E-state index in [9.17, 15) is 9.90 Å². The molecule has 0 aliphatic rings. The van der Waals surface area contributed by atoms with Crippen LogP contribution in [-0.4, -0.2) is 17.5 Å². The zero-order chi connectivity index (χ0) is 18.6. The minimum atomic E-state index is 0.102. The van der Waals surface area contributed by atoms with E-state index in [4.69, 9.17) is 4.74 Å². The number of carbonyl (C=O) groups excluding carboxylic acids is 1. The van der Waals surface area contributed by atoms with Crippen LogP contribution in [0.5, 0.6) is 11.5 Å². The zero-order valence-electron chi connectivity index (χ0n) is 15.8. The molecule has 2 aromatic carbocycles. The summed E-state index contributed by atoms with van der Waals surface area (Å²) in [6.07, 6.45) is 1.31. The van der Waals surface area contributed by atoms with E-state index in [0.29, 0.717) is 12.2 Å². The second-order valence-corrected chi connectivity index (χ2v) is 6.94. The number of aromatic hydroxyl groups is 1. The summed E-state index contributed by atoms with van der Waals surface area (Å²) in [5, 5.41) is 10.00. The molecule has 0 fully saturated rings. The number of ether oxygens (including phenoxy) is 1. The molecule has 2 aromatic rings. The predicted molar refractivity (Wildman–Crippen MR) is 102 cm³/mol. The second-order valence-electron chi connectivity index (χ2n) is 6.94. The van der Waals surface area contributed by atoms with Crippen molar-refractivity contribution in [2.75, 3.05) is 6.61 Å². The van der Waals surface area contributed by atoms with Gasteiger partial charge in [-0.15, -0.1) is 0 Å². The van der Waals surface area contributed by atoms with Crippen molar-refractivity contribution in [1.82, 2.24) is 0 Å². The molecular formula is C22H28O3. The van der Waals surface area contributed by atoms with Crippen molar-refractivity contribution < 1.29 is 14.6 Å². The lowest BCUT2D eigenvalue weighted by atomic mass is 9.93. The van der Waals surface area contributed by atoms with Crippen LogP contribution in [0, 0.1) is 13.8 Å². The molecule has 3 heteroatoms. The van der Waals surface area contributed by atoms with Gasteiger partial charge in [0.2, 0.25) is 0 Å². The van der Waals surface area contributed by atoms with E-state index < -0.39 is 0 Å². The summed E-state index contributed by atoms with van der Waals surface area (Å²) in [5.74, 6) is 1.49. The third kappa shape index (κ3) is 4.85. The summed E-state index contributed by atoms with van der Waals surface area (Å²) < 4.78 is 5.61. The monoisotopic (exact) mass is 340 g/mol. The van der Waals surface area contributed by atoms with Gasteiger partial charge in [-0.3, -0.25) is 4.79 Å². The Morgan fingerprint density at radius 3 is 2.32 bits per heavy atom. The van der Waals surface area contributed by atoms with Gasteiger partial charge in [0.1, 0.15) is 18.1 Å². The van der Waals surface area contributed by atoms with Gasteiger partial charge < -0.3 is 9.84 Å². The van der Waals surface area contributed by atoms with Crippen LogP contribution in [0.1, 0.15) is 60.9 Å². The Morgan fingerprint density at radius 1 is 1.12 bits per heavy atom. The smallest absolute Gasteiger partial charge is 0.169 e. The van der Waals surface area contributed by atoms with Gasteiger partial charge in [0, 0.05) is 6.42 Å². The fourth-order valence-corrected chi connectivity index (χ4v) is 2.96. The second kappa shape index (κ2) is 8.19. The largest absolute Gasteiger partial charge is 0.508 e. The number of rotatable bonds is 7. The van der Waals surface area contributed by atoms with E-state index in [1.54, 1.807) is 6.07 Å². The molecule has 0 spiro atoms. The van der Waals surface area contributed by atoms with Crippen molar-refractivity contribution in [2.45, 2.75) is 53.4 Å². The Morgan fingerprint density at radius 2 is 1.76 bits per heavy atom. The number of ketones is 1. The molecule has 2 rings (SSSR count). The number of aryl methyl sites for hydroxylation is 2. The van der Waals surface area contributed by atoms with Crippen LogP contribution in [0.2, 0.25) is 0 Å². The van der Waals surface area contributed by atoms with Gasteiger partial charge in [-0.05, 0) is 72.2 Å². The van der Waals surface area contributed by atoms with E-state index in [1.165, 1.54) is 11.1 Å². The third-order valence-corrected chi connectivity index (χ3v) is 4.56. The highest BCUT2D eigenvalue weighted by Crippen LogP contribution is 2.29. The van der Waals surface area contributed by atoms with Crippen molar-refractivity contribution in [1.29, 1.82) is 0 Å². The molecule has 1 N–H and O–H groups in total. The van der Waals surface area contributed by atoms with Crippen molar-refractivity contribution in [3.05, 3.63) is 58.1 Å². The minimum Gasteiger partial charge on any atom is -0.508 e. The van der Waals surface area contributed by atoms with E-state index in [0.717, 1.165) is 28.9 Å². The lowest BCUT2D eigenvalue weighted by Crippen LogP contribution is -2.10. The van der Waals surface area contributed by atoms with Gasteiger partial charge in [-0.1, -0.05) is 32.9 Å². The van der Waals surface area contributed by atoms with Crippen LogP contribution in [0.3, 0.4) is 0 Å². The van der Waals surface area contributed by atoms with Crippen molar-refractivity contribution in [2.24, 2.45) is 0 Å². The molecule has 0 saturated carbocycles. The lowest BCUT2D eigenvalue weighted by Gasteiger charge is -2.15. The fraction of sp³-hybridized carbons (Fsp3) is 0.409. The average molecular weight is 340 g/mol. The molecule has 0 amide bonds. The van der Waals surface area contributed by atoms with Crippen LogP contribution < -0.4 is 4.74 Å². The predicted octanol–water partition coefficient (Wildman–Crippen LogP) is 5.08. The number of benzene rings is 2. The zero-order valence-corrected chi connectivity index (χ0v) is 15.8. The van der Waals surface area contributed by atoms with Gasteiger partial charge in [0.25, 0.3) is 0 Å². The highest BCUT2D eigenvalue weighted by molar-refractivity contribution is 5.79. The molecule has 0 saturated heterocycles. The Bertz CT molecular complexity index is 737. The van der Waals surface area contributed by atoms with E-state index >= 15 is 0 Å². The van der Waals surface area contributed by atoms with Crippen LogP contribution in [0.15, 0.2) is 30.3 Å². The minimum absolute atomic E-state index is 0.102. The third-order valence-electron chi connectivity index (χ3n) is 4.56. The SMILES string of the molecule is CCC(=O)COc1cc(C)c(Cc2ccc(O)c(C(C)C)c2)c(C)c1. The number of hydrogen-bond acceptors (Lipinski definition) is 3. The number of Topliss-reactive ketones (excluding diaryl/α,β-unsaturated/α-hetero) is 1. The normalized spacial score (nSPS) is 11.0. The molecule has 0 aliphatic heterocycles. The number of hydrogen-bond donors (Lipinski definition) is 1. The summed E-state index contributed by atoms with van der Waals surface area (Å²) >= 11 is 0. The molecular weight excluding hydrogens is 312 g/mol. The molecule has 0 unspecified atom stereocenters. The van der Waals surface area contributed by atoms with Gasteiger partial charge in [0.15, 0.2) is 5.78 Å². The van der Waals surface area contributed by atoms with Gasteiger partial charge in [0.05, 0.1) is 0 Å².